The van der Waals surface area contributed by atoms with Crippen molar-refractivity contribution in [3.8, 4) is 17.2 Å². The molecule has 0 radical (unpaired) electrons. The average Bonchev–Trinajstić information content (AvgIpc) is 3.19. The summed E-state index contributed by atoms with van der Waals surface area (Å²) in [5.41, 5.74) is 5.80. The maximum absolute atomic E-state index is 12.6. The highest BCUT2D eigenvalue weighted by atomic mass is 16.5. The number of amides is 1. The molecule has 0 aliphatic rings. The lowest BCUT2D eigenvalue weighted by Crippen LogP contribution is -2.20. The summed E-state index contributed by atoms with van der Waals surface area (Å²) in [5, 5.41) is 5.11. The Morgan fingerprint density at radius 2 is 1.64 bits per heavy atom. The number of methoxy groups -OCH3 is 2. The van der Waals surface area contributed by atoms with Gasteiger partial charge in [0.05, 0.1) is 20.4 Å². The second-order valence-electron chi connectivity index (χ2n) is 7.38. The quantitative estimate of drug-likeness (QED) is 0.321. The summed E-state index contributed by atoms with van der Waals surface area (Å²) in [6.07, 6.45) is 1.53. The van der Waals surface area contributed by atoms with Gasteiger partial charge in [-0.25, -0.2) is 5.43 Å². The van der Waals surface area contributed by atoms with Gasteiger partial charge in [-0.2, -0.15) is 5.10 Å². The lowest BCUT2D eigenvalue weighted by molar-refractivity contribution is 0.0947. The lowest BCUT2D eigenvalue weighted by atomic mass is 10.2. The molecule has 0 saturated heterocycles. The van der Waals surface area contributed by atoms with Crippen LogP contribution in [0.15, 0.2) is 77.9 Å². The molecule has 0 spiro atoms. The van der Waals surface area contributed by atoms with E-state index in [0.717, 1.165) is 16.5 Å². The van der Waals surface area contributed by atoms with E-state index in [1.165, 1.54) is 6.21 Å². The zero-order chi connectivity index (χ0) is 23.2. The number of para-hydroxylation sites is 1. The second-order valence-corrected chi connectivity index (χ2v) is 7.38. The molecule has 0 fully saturated rings. The maximum Gasteiger partial charge on any atom is 0.287 e. The van der Waals surface area contributed by atoms with E-state index in [4.69, 9.17) is 14.2 Å². The Morgan fingerprint density at radius 1 is 0.970 bits per heavy atom. The number of aromatic nitrogens is 1. The SMILES string of the molecule is COc1cc(/C=N/NC(=O)c2cc3ccccc3n2C)cc(OC)c1OCc1ccccc1. The lowest BCUT2D eigenvalue weighted by Gasteiger charge is -2.15. The van der Waals surface area contributed by atoms with Gasteiger partial charge < -0.3 is 18.8 Å². The normalized spacial score (nSPS) is 11.0. The van der Waals surface area contributed by atoms with Gasteiger partial charge in [0.2, 0.25) is 5.75 Å². The van der Waals surface area contributed by atoms with Crippen molar-refractivity contribution in [3.63, 3.8) is 0 Å². The van der Waals surface area contributed by atoms with Crippen molar-refractivity contribution in [2.24, 2.45) is 12.1 Å². The number of fused-ring (bicyclic) bond motifs is 1. The number of nitrogens with zero attached hydrogens (tertiary/aromatic N) is 2. The molecular weight excluding hydrogens is 418 g/mol. The zero-order valence-electron chi connectivity index (χ0n) is 18.7. The summed E-state index contributed by atoms with van der Waals surface area (Å²) in [6.45, 7) is 0.377. The van der Waals surface area contributed by atoms with Gasteiger partial charge in [-0.3, -0.25) is 4.79 Å². The predicted octanol–water partition coefficient (Wildman–Crippen LogP) is 4.54. The number of aryl methyl sites for hydroxylation is 1. The number of hydrazone groups is 1. The van der Waals surface area contributed by atoms with Crippen LogP contribution in [0.25, 0.3) is 10.9 Å². The fourth-order valence-corrected chi connectivity index (χ4v) is 3.58. The largest absolute Gasteiger partial charge is 0.493 e. The van der Waals surface area contributed by atoms with Crippen molar-refractivity contribution in [2.45, 2.75) is 6.61 Å². The fourth-order valence-electron chi connectivity index (χ4n) is 3.58. The molecule has 0 aliphatic heterocycles. The molecule has 1 N–H and O–H groups in total. The van der Waals surface area contributed by atoms with Crippen molar-refractivity contribution in [3.05, 3.63) is 89.6 Å². The molecule has 7 nitrogen and oxygen atoms in total. The minimum absolute atomic E-state index is 0.299. The highest BCUT2D eigenvalue weighted by molar-refractivity contribution is 5.99. The van der Waals surface area contributed by atoms with Crippen molar-refractivity contribution in [1.82, 2.24) is 9.99 Å². The van der Waals surface area contributed by atoms with Crippen LogP contribution in [0.1, 0.15) is 21.6 Å². The molecule has 4 aromatic rings. The first-order chi connectivity index (χ1) is 16.1. The number of rotatable bonds is 8. The predicted molar refractivity (Wildman–Crippen MR) is 128 cm³/mol. The minimum Gasteiger partial charge on any atom is -0.493 e. The molecule has 7 heteroatoms. The minimum atomic E-state index is -0.299. The van der Waals surface area contributed by atoms with Crippen LogP contribution >= 0.6 is 0 Å². The van der Waals surface area contributed by atoms with E-state index in [9.17, 15) is 4.79 Å². The molecule has 168 valence electrons. The summed E-state index contributed by atoms with van der Waals surface area (Å²) in [5.74, 6) is 1.21. The third kappa shape index (κ3) is 4.82. The number of benzene rings is 3. The molecule has 1 aromatic heterocycles. The summed E-state index contributed by atoms with van der Waals surface area (Å²) in [6, 6.07) is 23.0. The highest BCUT2D eigenvalue weighted by Gasteiger charge is 2.15. The van der Waals surface area contributed by atoms with Gasteiger partial charge in [-0.05, 0) is 29.8 Å². The monoisotopic (exact) mass is 443 g/mol. The zero-order valence-corrected chi connectivity index (χ0v) is 18.7. The van der Waals surface area contributed by atoms with Crippen molar-refractivity contribution in [2.75, 3.05) is 14.2 Å². The summed E-state index contributed by atoms with van der Waals surface area (Å²) >= 11 is 0. The van der Waals surface area contributed by atoms with E-state index < -0.39 is 0 Å². The molecule has 3 aromatic carbocycles. The van der Waals surface area contributed by atoms with Gasteiger partial charge in [0.1, 0.15) is 12.3 Å². The number of hydrogen-bond donors (Lipinski definition) is 1. The van der Waals surface area contributed by atoms with E-state index >= 15 is 0 Å². The van der Waals surface area contributed by atoms with Gasteiger partial charge in [0.15, 0.2) is 11.5 Å². The molecule has 1 heterocycles. The number of carbonyl (C=O) groups is 1. The molecule has 0 atom stereocenters. The molecule has 0 bridgehead atoms. The van der Waals surface area contributed by atoms with E-state index in [1.807, 2.05) is 72.3 Å². The van der Waals surface area contributed by atoms with E-state index in [-0.39, 0.29) is 5.91 Å². The van der Waals surface area contributed by atoms with Crippen molar-refractivity contribution >= 4 is 23.0 Å². The van der Waals surface area contributed by atoms with Crippen LogP contribution < -0.4 is 19.6 Å². The first kappa shape index (κ1) is 22.0. The van der Waals surface area contributed by atoms with E-state index in [2.05, 4.69) is 10.5 Å². The summed E-state index contributed by atoms with van der Waals surface area (Å²) in [4.78, 5) is 12.6. The smallest absolute Gasteiger partial charge is 0.287 e. The summed E-state index contributed by atoms with van der Waals surface area (Å²) in [7, 11) is 4.98. The highest BCUT2D eigenvalue weighted by Crippen LogP contribution is 2.38. The Morgan fingerprint density at radius 3 is 2.30 bits per heavy atom. The van der Waals surface area contributed by atoms with Crippen LogP contribution in [0.4, 0.5) is 0 Å². The van der Waals surface area contributed by atoms with Crippen LogP contribution in [0.2, 0.25) is 0 Å². The van der Waals surface area contributed by atoms with Gasteiger partial charge in [0, 0.05) is 23.5 Å². The molecule has 4 rings (SSSR count). The molecule has 0 aliphatic carbocycles. The molecule has 0 saturated carbocycles. The van der Waals surface area contributed by atoms with Crippen molar-refractivity contribution in [1.29, 1.82) is 0 Å². The van der Waals surface area contributed by atoms with Crippen molar-refractivity contribution < 1.29 is 19.0 Å². The molecular formula is C26H25N3O4. The Labute approximate surface area is 192 Å². The Kier molecular flexibility index (Phi) is 6.59. The van der Waals surface area contributed by atoms with Crippen LogP contribution in [0.3, 0.4) is 0 Å². The Hall–Kier alpha value is -4.26. The molecule has 1 amide bonds. The topological polar surface area (TPSA) is 74.1 Å². The number of carbonyl (C=O) groups excluding carboxylic acids is 1. The van der Waals surface area contributed by atoms with Gasteiger partial charge in [-0.1, -0.05) is 48.5 Å². The van der Waals surface area contributed by atoms with Crippen LogP contribution in [-0.2, 0) is 13.7 Å². The maximum atomic E-state index is 12.6. The average molecular weight is 444 g/mol. The van der Waals surface area contributed by atoms with Crippen LogP contribution in [0, 0.1) is 0 Å². The Balaban J connectivity index is 1.50. The number of nitrogens with one attached hydrogen (secondary N) is 1. The first-order valence-electron chi connectivity index (χ1n) is 10.4. The van der Waals surface area contributed by atoms with Gasteiger partial charge in [0.25, 0.3) is 5.91 Å². The van der Waals surface area contributed by atoms with Crippen LogP contribution in [0.5, 0.6) is 17.2 Å². The number of ether oxygens (including phenoxy) is 3. The second kappa shape index (κ2) is 9.91. The molecule has 33 heavy (non-hydrogen) atoms. The summed E-state index contributed by atoms with van der Waals surface area (Å²) < 4.78 is 18.8. The third-order valence-corrected chi connectivity index (χ3v) is 5.27. The fraction of sp³-hybridized carbons (Fsp3) is 0.154. The van der Waals surface area contributed by atoms with Gasteiger partial charge >= 0.3 is 0 Å². The van der Waals surface area contributed by atoms with Gasteiger partial charge in [-0.15, -0.1) is 0 Å². The number of hydrogen-bond acceptors (Lipinski definition) is 5. The molecule has 0 unspecified atom stereocenters. The van der Waals surface area contributed by atoms with E-state index in [0.29, 0.717) is 35.1 Å². The van der Waals surface area contributed by atoms with Crippen LogP contribution in [-0.4, -0.2) is 30.9 Å². The standard InChI is InChI=1S/C26H25N3O4/c1-29-21-12-8-7-11-20(21)15-22(29)26(30)28-27-16-19-13-23(31-2)25(24(14-19)32-3)33-17-18-9-5-4-6-10-18/h4-16H,17H2,1-3H3,(H,28,30)/b27-16+. The third-order valence-electron chi connectivity index (χ3n) is 5.27. The first-order valence-corrected chi connectivity index (χ1v) is 10.4. The Bertz CT molecular complexity index is 1270. The van der Waals surface area contributed by atoms with E-state index in [1.54, 1.807) is 26.4 Å².